The van der Waals surface area contributed by atoms with Gasteiger partial charge in [-0.3, -0.25) is 19.4 Å². The van der Waals surface area contributed by atoms with Crippen molar-refractivity contribution in [3.63, 3.8) is 0 Å². The Morgan fingerprint density at radius 3 is 2.25 bits per heavy atom. The highest BCUT2D eigenvalue weighted by Gasteiger charge is 2.27. The van der Waals surface area contributed by atoms with Crippen LogP contribution in [0.1, 0.15) is 13.3 Å². The lowest BCUT2D eigenvalue weighted by molar-refractivity contribution is -0.159. The molecular weight excluding hydrogens is 245 g/mol. The molecule has 0 spiro atoms. The van der Waals surface area contributed by atoms with Crippen molar-refractivity contribution in [3.8, 4) is 0 Å². The van der Waals surface area contributed by atoms with E-state index in [1.54, 1.807) is 0 Å². The Morgan fingerprint density at radius 1 is 1.38 bits per heavy atom. The van der Waals surface area contributed by atoms with Gasteiger partial charge in [0, 0.05) is 6.92 Å². The number of carbonyl (C=O) groups excluding carboxylic acids is 3. The first-order valence-electron chi connectivity index (χ1n) is 3.87. The molecule has 0 aromatic rings. The lowest BCUT2D eigenvalue weighted by atomic mass is 10.2. The maximum absolute atomic E-state index is 10.8. The Morgan fingerprint density at radius 2 is 1.88 bits per heavy atom. The van der Waals surface area contributed by atoms with Crippen LogP contribution < -0.4 is 5.73 Å². The summed E-state index contributed by atoms with van der Waals surface area (Å²) >= 11 is 0. The maximum atomic E-state index is 10.8. The molecule has 0 heterocycles. The fraction of sp³-hybridized carbons (Fsp3) is 0.500. The van der Waals surface area contributed by atoms with Crippen molar-refractivity contribution >= 4 is 25.7 Å². The first-order valence-corrected chi connectivity index (χ1v) is 5.40. The van der Waals surface area contributed by atoms with Crippen molar-refractivity contribution in [2.75, 3.05) is 0 Å². The molecule has 92 valence electrons. The quantitative estimate of drug-likeness (QED) is 0.307. The molecule has 0 saturated heterocycles. The molecule has 0 aliphatic heterocycles. The topological polar surface area (TPSA) is 153 Å². The van der Waals surface area contributed by atoms with Crippen LogP contribution in [0.2, 0.25) is 0 Å². The van der Waals surface area contributed by atoms with E-state index in [-0.39, 0.29) is 0 Å². The zero-order chi connectivity index (χ0) is 12.9. The molecule has 1 unspecified atom stereocenters. The van der Waals surface area contributed by atoms with Gasteiger partial charge in [0.25, 0.3) is 0 Å². The third-order valence-corrected chi connectivity index (χ3v) is 1.57. The van der Waals surface area contributed by atoms with Crippen LogP contribution in [0.5, 0.6) is 0 Å². The van der Waals surface area contributed by atoms with Crippen LogP contribution in [0.4, 0.5) is 0 Å². The molecule has 0 amide bonds. The summed E-state index contributed by atoms with van der Waals surface area (Å²) in [5, 5.41) is 0. The molecule has 10 heteroatoms. The molecule has 0 aliphatic carbocycles. The van der Waals surface area contributed by atoms with Crippen molar-refractivity contribution in [1.29, 1.82) is 0 Å². The largest absolute Gasteiger partial charge is 0.527 e. The van der Waals surface area contributed by atoms with E-state index < -0.39 is 38.2 Å². The van der Waals surface area contributed by atoms with E-state index in [2.05, 4.69) is 9.26 Å². The van der Waals surface area contributed by atoms with Gasteiger partial charge in [0.2, 0.25) is 0 Å². The van der Waals surface area contributed by atoms with Gasteiger partial charge in [-0.05, 0) is 0 Å². The highest BCUT2D eigenvalue weighted by molar-refractivity contribution is 7.46. The normalized spacial score (nSPS) is 12.8. The van der Waals surface area contributed by atoms with Gasteiger partial charge in [-0.15, -0.1) is 0 Å². The zero-order valence-electron chi connectivity index (χ0n) is 8.15. The van der Waals surface area contributed by atoms with Gasteiger partial charge in [-0.1, -0.05) is 0 Å². The van der Waals surface area contributed by atoms with Crippen LogP contribution in [0.25, 0.3) is 0 Å². The van der Waals surface area contributed by atoms with Crippen LogP contribution in [-0.2, 0) is 28.2 Å². The number of ether oxygens (including phenoxy) is 1. The number of esters is 2. The Balaban J connectivity index is 4.21. The number of carbonyl (C=O) groups is 3. The molecule has 9 nitrogen and oxygen atoms in total. The molecule has 0 saturated carbocycles. The molecule has 0 rings (SSSR count). The van der Waals surface area contributed by atoms with Gasteiger partial charge in [0.15, 0.2) is 0 Å². The third-order valence-electron chi connectivity index (χ3n) is 1.16. The smallest absolute Gasteiger partial charge is 0.393 e. The summed E-state index contributed by atoms with van der Waals surface area (Å²) in [4.78, 5) is 48.5. The van der Waals surface area contributed by atoms with Crippen molar-refractivity contribution in [2.24, 2.45) is 5.73 Å². The number of rotatable bonds is 4. The SMILES string of the molecule is CC(=O)OC(=O)CC(N)C(=O)OP(=O)(O)O. The average Bonchev–Trinajstić information content (AvgIpc) is 1.98. The highest BCUT2D eigenvalue weighted by Crippen LogP contribution is 2.36. The van der Waals surface area contributed by atoms with Crippen molar-refractivity contribution in [1.82, 2.24) is 0 Å². The number of nitrogens with two attached hydrogens (primary N) is 1. The minimum atomic E-state index is -5.00. The van der Waals surface area contributed by atoms with Crippen molar-refractivity contribution < 1.29 is 38.0 Å². The fourth-order valence-corrected chi connectivity index (χ4v) is 1.02. The van der Waals surface area contributed by atoms with Gasteiger partial charge in [-0.2, -0.15) is 0 Å². The molecule has 0 fully saturated rings. The monoisotopic (exact) mass is 255 g/mol. The van der Waals surface area contributed by atoms with E-state index in [0.717, 1.165) is 6.92 Å². The average molecular weight is 255 g/mol. The van der Waals surface area contributed by atoms with E-state index in [1.165, 1.54) is 0 Å². The van der Waals surface area contributed by atoms with Gasteiger partial charge >= 0.3 is 25.7 Å². The summed E-state index contributed by atoms with van der Waals surface area (Å²) in [6.07, 6.45) is -0.724. The molecule has 16 heavy (non-hydrogen) atoms. The van der Waals surface area contributed by atoms with E-state index in [9.17, 15) is 18.9 Å². The minimum Gasteiger partial charge on any atom is -0.393 e. The van der Waals surface area contributed by atoms with Gasteiger partial charge < -0.3 is 15.0 Å². The van der Waals surface area contributed by atoms with Crippen LogP contribution >= 0.6 is 7.82 Å². The summed E-state index contributed by atoms with van der Waals surface area (Å²) in [5.74, 6) is -3.45. The first-order chi connectivity index (χ1) is 7.11. The minimum absolute atomic E-state index is 0.724. The standard InChI is InChI=1S/C6H10NO8P/c1-3(8)14-5(9)2-4(7)6(10)15-16(11,12)13/h4H,2,7H2,1H3,(H2,11,12,13). The Bertz CT molecular complexity index is 346. The second kappa shape index (κ2) is 5.71. The summed E-state index contributed by atoms with van der Waals surface area (Å²) < 4.78 is 17.9. The number of hydrogen-bond donors (Lipinski definition) is 3. The van der Waals surface area contributed by atoms with Gasteiger partial charge in [-0.25, -0.2) is 9.36 Å². The van der Waals surface area contributed by atoms with E-state index in [1.807, 2.05) is 0 Å². The van der Waals surface area contributed by atoms with Crippen LogP contribution in [-0.4, -0.2) is 33.7 Å². The van der Waals surface area contributed by atoms with Crippen molar-refractivity contribution in [3.05, 3.63) is 0 Å². The second-order valence-corrected chi connectivity index (χ2v) is 3.84. The van der Waals surface area contributed by atoms with E-state index >= 15 is 0 Å². The molecular formula is C6H10NO8P. The van der Waals surface area contributed by atoms with Crippen LogP contribution in [0, 0.1) is 0 Å². The van der Waals surface area contributed by atoms with Crippen molar-refractivity contribution in [2.45, 2.75) is 19.4 Å². The fourth-order valence-electron chi connectivity index (χ4n) is 0.650. The third kappa shape index (κ3) is 7.07. The summed E-state index contributed by atoms with van der Waals surface area (Å²) in [6, 6.07) is -1.61. The van der Waals surface area contributed by atoms with E-state index in [4.69, 9.17) is 15.5 Å². The molecule has 1 atom stereocenters. The zero-order valence-corrected chi connectivity index (χ0v) is 9.05. The molecule has 0 aromatic heterocycles. The molecule has 0 bridgehead atoms. The van der Waals surface area contributed by atoms with Gasteiger partial charge in [0.05, 0.1) is 6.42 Å². The second-order valence-electron chi connectivity index (χ2n) is 2.68. The highest BCUT2D eigenvalue weighted by atomic mass is 31.2. The number of phosphoric acid groups is 1. The lowest BCUT2D eigenvalue weighted by Crippen LogP contribution is -2.34. The Kier molecular flexibility index (Phi) is 5.25. The molecule has 0 radical (unpaired) electrons. The summed E-state index contributed by atoms with van der Waals surface area (Å²) in [5.41, 5.74) is 5.07. The maximum Gasteiger partial charge on any atom is 0.527 e. The Hall–Kier alpha value is -1.28. The van der Waals surface area contributed by atoms with Crippen LogP contribution in [0.3, 0.4) is 0 Å². The summed E-state index contributed by atoms with van der Waals surface area (Å²) in [7, 11) is -5.00. The Labute approximate surface area is 89.8 Å². The lowest BCUT2D eigenvalue weighted by Gasteiger charge is -2.10. The number of phosphoric ester groups is 1. The predicted octanol–water partition coefficient (Wildman–Crippen LogP) is -1.57. The van der Waals surface area contributed by atoms with Gasteiger partial charge in [0.1, 0.15) is 6.04 Å². The molecule has 4 N–H and O–H groups in total. The molecule has 0 aromatic carbocycles. The molecule has 0 aliphatic rings. The number of hydrogen-bond acceptors (Lipinski definition) is 7. The van der Waals surface area contributed by atoms with E-state index in [0.29, 0.717) is 0 Å². The summed E-state index contributed by atoms with van der Waals surface area (Å²) in [6.45, 7) is 0.970. The predicted molar refractivity (Wildman–Crippen MR) is 47.5 cm³/mol. The first kappa shape index (κ1) is 14.7. The van der Waals surface area contributed by atoms with Crippen LogP contribution in [0.15, 0.2) is 0 Å².